The molecule has 0 saturated heterocycles. The highest BCUT2D eigenvalue weighted by Crippen LogP contribution is 2.32. The lowest BCUT2D eigenvalue weighted by Crippen LogP contribution is -2.36. The molecule has 0 heterocycles. The predicted octanol–water partition coefficient (Wildman–Crippen LogP) is 7.77. The minimum absolute atomic E-state index is 0.0318. The van der Waals surface area contributed by atoms with E-state index in [-0.39, 0.29) is 66.3 Å². The van der Waals surface area contributed by atoms with E-state index in [0.29, 0.717) is 31.8 Å². The summed E-state index contributed by atoms with van der Waals surface area (Å²) >= 11 is 0. The van der Waals surface area contributed by atoms with Crippen LogP contribution < -0.4 is 4.74 Å². The molecule has 290 valence electrons. The summed E-state index contributed by atoms with van der Waals surface area (Å²) < 4.78 is 53.7. The first kappa shape index (κ1) is 47.3. The van der Waals surface area contributed by atoms with Crippen LogP contribution in [-0.4, -0.2) is 81.8 Å². The van der Waals surface area contributed by atoms with Crippen molar-refractivity contribution in [3.8, 4) is 5.75 Å². The molecule has 0 atom stereocenters. The van der Waals surface area contributed by atoms with E-state index in [1.54, 1.807) is 60.6 Å². The van der Waals surface area contributed by atoms with E-state index >= 15 is 0 Å². The van der Waals surface area contributed by atoms with E-state index < -0.39 is 10.1 Å². The van der Waals surface area contributed by atoms with Gasteiger partial charge in [-0.2, -0.15) is 8.42 Å². The maximum atomic E-state index is 11.5. The summed E-state index contributed by atoms with van der Waals surface area (Å²) in [4.78, 5) is 36.4. The van der Waals surface area contributed by atoms with Gasteiger partial charge in [-0.05, 0) is 42.5 Å². The molecule has 11 nitrogen and oxygen atoms in total. The summed E-state index contributed by atoms with van der Waals surface area (Å²) in [6, 6.07) is 3.27. The fourth-order valence-electron chi connectivity index (χ4n) is 4.61. The third kappa shape index (κ3) is 21.5. The van der Waals surface area contributed by atoms with Gasteiger partial charge in [0.25, 0.3) is 10.1 Å². The molecular formula is C38H67NO10S. The standard InChI is InChI=1S/C20H34O4S.C18H33NO6/c1-5-6-7-8-9-10-11-12-13-24-19-14-17(4)20(25(21,22)23)15-18(19)16(2)3;1-13(2)16(20)23-10-7-19(8-11-24-17(21)14(3)4)9-12-25-18(22)15(5)6/h14-16H,5-13H2,1-4H3,(H,21,22,23);13-15H,7-12H2,1-6H3. The number of carbonyl (C=O) groups excluding carboxylic acids is 3. The Kier molecular flexibility index (Phi) is 24.7. The van der Waals surface area contributed by atoms with Gasteiger partial charge in [-0.1, -0.05) is 107 Å². The fraction of sp³-hybridized carbons (Fsp3) is 0.763. The van der Waals surface area contributed by atoms with Gasteiger partial charge in [0, 0.05) is 19.6 Å². The van der Waals surface area contributed by atoms with Crippen LogP contribution in [0.3, 0.4) is 0 Å². The van der Waals surface area contributed by atoms with E-state index in [1.165, 1.54) is 38.5 Å². The molecular weight excluding hydrogens is 662 g/mol. The van der Waals surface area contributed by atoms with Gasteiger partial charge in [-0.15, -0.1) is 0 Å². The van der Waals surface area contributed by atoms with Crippen molar-refractivity contribution < 1.29 is 46.3 Å². The van der Waals surface area contributed by atoms with Crippen LogP contribution in [0.4, 0.5) is 0 Å². The van der Waals surface area contributed by atoms with Crippen molar-refractivity contribution in [2.24, 2.45) is 17.8 Å². The molecule has 0 radical (unpaired) electrons. The Morgan fingerprint density at radius 3 is 1.42 bits per heavy atom. The Labute approximate surface area is 302 Å². The summed E-state index contributed by atoms with van der Waals surface area (Å²) in [5, 5.41) is 0. The summed E-state index contributed by atoms with van der Waals surface area (Å²) in [6.07, 6.45) is 9.97. The predicted molar refractivity (Wildman–Crippen MR) is 197 cm³/mol. The summed E-state index contributed by atoms with van der Waals surface area (Å²) in [6.45, 7) is 21.3. The molecule has 50 heavy (non-hydrogen) atoms. The average Bonchev–Trinajstić information content (AvgIpc) is 3.02. The van der Waals surface area contributed by atoms with Gasteiger partial charge in [-0.25, -0.2) is 0 Å². The van der Waals surface area contributed by atoms with Crippen LogP contribution in [0.5, 0.6) is 5.75 Å². The Morgan fingerprint density at radius 1 is 0.660 bits per heavy atom. The van der Waals surface area contributed by atoms with Crippen LogP contribution >= 0.6 is 0 Å². The Hall–Kier alpha value is -2.70. The zero-order chi connectivity index (χ0) is 38.3. The lowest BCUT2D eigenvalue weighted by atomic mass is 10.0. The van der Waals surface area contributed by atoms with Crippen molar-refractivity contribution >= 4 is 28.0 Å². The number of nitrogens with zero attached hydrogens (tertiary/aromatic N) is 1. The Balaban J connectivity index is 0.000000960. The van der Waals surface area contributed by atoms with E-state index in [0.717, 1.165) is 24.2 Å². The van der Waals surface area contributed by atoms with Gasteiger partial charge in [0.05, 0.1) is 29.3 Å². The monoisotopic (exact) mass is 729 g/mol. The molecule has 0 aliphatic carbocycles. The zero-order valence-electron chi connectivity index (χ0n) is 32.5. The van der Waals surface area contributed by atoms with E-state index in [2.05, 4.69) is 6.92 Å². The summed E-state index contributed by atoms with van der Waals surface area (Å²) in [5.74, 6) is -0.433. The highest BCUT2D eigenvalue weighted by Gasteiger charge is 2.19. The molecule has 0 aliphatic rings. The van der Waals surface area contributed by atoms with Gasteiger partial charge in [0.2, 0.25) is 0 Å². The number of carbonyl (C=O) groups is 3. The molecule has 0 bridgehead atoms. The number of unbranched alkanes of at least 4 members (excludes halogenated alkanes) is 7. The van der Waals surface area contributed by atoms with Crippen molar-refractivity contribution in [2.75, 3.05) is 46.1 Å². The van der Waals surface area contributed by atoms with Crippen molar-refractivity contribution in [3.63, 3.8) is 0 Å². The van der Waals surface area contributed by atoms with E-state index in [1.807, 2.05) is 18.7 Å². The van der Waals surface area contributed by atoms with Crippen LogP contribution in [0, 0.1) is 24.7 Å². The van der Waals surface area contributed by atoms with Gasteiger partial charge in [0.1, 0.15) is 25.6 Å². The molecule has 0 amide bonds. The molecule has 0 aromatic heterocycles. The smallest absolute Gasteiger partial charge is 0.308 e. The topological polar surface area (TPSA) is 146 Å². The highest BCUT2D eigenvalue weighted by molar-refractivity contribution is 7.85. The van der Waals surface area contributed by atoms with Gasteiger partial charge >= 0.3 is 17.9 Å². The lowest BCUT2D eigenvalue weighted by molar-refractivity contribution is -0.148. The van der Waals surface area contributed by atoms with E-state index in [9.17, 15) is 27.4 Å². The molecule has 0 aliphatic heterocycles. The summed E-state index contributed by atoms with van der Waals surface area (Å²) in [7, 11) is -4.20. The first-order valence-corrected chi connectivity index (χ1v) is 19.8. The highest BCUT2D eigenvalue weighted by atomic mass is 32.2. The third-order valence-electron chi connectivity index (χ3n) is 7.83. The first-order chi connectivity index (χ1) is 23.4. The number of aryl methyl sites for hydroxylation is 1. The van der Waals surface area contributed by atoms with Crippen molar-refractivity contribution in [2.45, 2.75) is 131 Å². The third-order valence-corrected chi connectivity index (χ3v) is 8.83. The lowest BCUT2D eigenvalue weighted by Gasteiger charge is -2.22. The number of benzene rings is 1. The Bertz CT molecular complexity index is 1170. The molecule has 12 heteroatoms. The van der Waals surface area contributed by atoms with Crippen molar-refractivity contribution in [1.29, 1.82) is 0 Å². The number of ether oxygens (including phenoxy) is 4. The number of esters is 3. The van der Waals surface area contributed by atoms with Crippen molar-refractivity contribution in [3.05, 3.63) is 23.3 Å². The maximum absolute atomic E-state index is 11.5. The van der Waals surface area contributed by atoms with Crippen LogP contribution in [0.25, 0.3) is 0 Å². The maximum Gasteiger partial charge on any atom is 0.308 e. The van der Waals surface area contributed by atoms with Gasteiger partial charge < -0.3 is 18.9 Å². The Morgan fingerprint density at radius 2 is 1.06 bits per heavy atom. The average molecular weight is 730 g/mol. The quantitative estimate of drug-likeness (QED) is 0.0482. The fourth-order valence-corrected chi connectivity index (χ4v) is 5.35. The SMILES string of the molecule is CC(C)C(=O)OCCN(CCOC(=O)C(C)C)CCOC(=O)C(C)C.CCCCCCCCCCOc1cc(C)c(S(=O)(=O)O)cc1C(C)C. The second kappa shape index (κ2) is 26.1. The second-order valence-corrected chi connectivity index (χ2v) is 15.3. The molecule has 1 N–H and O–H groups in total. The number of rotatable bonds is 24. The van der Waals surface area contributed by atoms with Gasteiger partial charge in [-0.3, -0.25) is 23.8 Å². The number of hydrogen-bond donors (Lipinski definition) is 1. The summed E-state index contributed by atoms with van der Waals surface area (Å²) in [5.41, 5.74) is 1.33. The zero-order valence-corrected chi connectivity index (χ0v) is 33.4. The minimum Gasteiger partial charge on any atom is -0.493 e. The van der Waals surface area contributed by atoms with Gasteiger partial charge in [0.15, 0.2) is 0 Å². The molecule has 0 saturated carbocycles. The molecule has 1 aromatic rings. The van der Waals surface area contributed by atoms with Crippen LogP contribution in [0.15, 0.2) is 17.0 Å². The minimum atomic E-state index is -4.20. The normalized spacial score (nSPS) is 11.6. The van der Waals surface area contributed by atoms with E-state index in [4.69, 9.17) is 18.9 Å². The number of hydrogen-bond acceptors (Lipinski definition) is 10. The molecule has 0 unspecified atom stereocenters. The molecule has 0 fully saturated rings. The van der Waals surface area contributed by atoms with Crippen LogP contribution in [0.2, 0.25) is 0 Å². The second-order valence-electron chi connectivity index (χ2n) is 13.9. The molecule has 1 rings (SSSR count). The molecule has 1 aromatic carbocycles. The first-order valence-electron chi connectivity index (χ1n) is 18.4. The van der Waals surface area contributed by atoms with Crippen LogP contribution in [0.1, 0.15) is 131 Å². The largest absolute Gasteiger partial charge is 0.493 e. The van der Waals surface area contributed by atoms with Crippen molar-refractivity contribution in [1.82, 2.24) is 4.90 Å². The molecule has 0 spiro atoms. The van der Waals surface area contributed by atoms with Crippen LogP contribution in [-0.2, 0) is 38.7 Å².